The lowest BCUT2D eigenvalue weighted by atomic mass is 10.1. The van der Waals surface area contributed by atoms with Gasteiger partial charge in [0.05, 0.1) is 0 Å². The molecule has 0 heterocycles. The highest BCUT2D eigenvalue weighted by Gasteiger charge is 2.37. The normalized spacial score (nSPS) is 17.1. The Labute approximate surface area is 89.7 Å². The molecule has 2 rings (SSSR count). The number of carbonyl (C=O) groups excluding carboxylic acids is 1. The summed E-state index contributed by atoms with van der Waals surface area (Å²) in [6.07, 6.45) is 2.43. The molecule has 0 radical (unpaired) electrons. The van der Waals surface area contributed by atoms with Crippen LogP contribution in [-0.2, 0) is 0 Å². The molecule has 15 heavy (non-hydrogen) atoms. The van der Waals surface area contributed by atoms with Crippen molar-refractivity contribution in [2.45, 2.75) is 19.8 Å². The van der Waals surface area contributed by atoms with Crippen molar-refractivity contribution in [3.63, 3.8) is 0 Å². The van der Waals surface area contributed by atoms with E-state index in [0.29, 0.717) is 16.7 Å². The first kappa shape index (κ1) is 10.0. The molecule has 0 spiro atoms. The first-order chi connectivity index (χ1) is 7.09. The van der Waals surface area contributed by atoms with E-state index in [1.54, 1.807) is 24.3 Å². The number of anilines is 1. The first-order valence-electron chi connectivity index (χ1n) is 5.23. The van der Waals surface area contributed by atoms with Crippen molar-refractivity contribution >= 4 is 11.6 Å². The third kappa shape index (κ3) is 2.49. The molecule has 1 fully saturated rings. The van der Waals surface area contributed by atoms with Crippen LogP contribution in [-0.4, -0.2) is 12.5 Å². The third-order valence-electron chi connectivity index (χ3n) is 2.93. The van der Waals surface area contributed by atoms with Crippen molar-refractivity contribution in [1.29, 1.82) is 0 Å². The quantitative estimate of drug-likeness (QED) is 0.738. The van der Waals surface area contributed by atoms with Gasteiger partial charge in [-0.2, -0.15) is 0 Å². The standard InChI is InChI=1S/C12H16N2O/c1-12(5-6-12)8-14-11(15)9-3-2-4-10(13)7-9/h2-4,7H,5-6,8,13H2,1H3,(H,14,15). The van der Waals surface area contributed by atoms with Crippen LogP contribution in [0.3, 0.4) is 0 Å². The Morgan fingerprint density at radius 1 is 1.53 bits per heavy atom. The van der Waals surface area contributed by atoms with E-state index < -0.39 is 0 Å². The molecule has 1 aromatic carbocycles. The van der Waals surface area contributed by atoms with E-state index in [1.807, 2.05) is 0 Å². The first-order valence-corrected chi connectivity index (χ1v) is 5.23. The van der Waals surface area contributed by atoms with E-state index in [1.165, 1.54) is 12.8 Å². The Balaban J connectivity index is 1.95. The monoisotopic (exact) mass is 204 g/mol. The topological polar surface area (TPSA) is 55.1 Å². The third-order valence-corrected chi connectivity index (χ3v) is 2.93. The molecule has 0 aromatic heterocycles. The molecule has 3 N–H and O–H groups in total. The highest BCUT2D eigenvalue weighted by molar-refractivity contribution is 5.95. The largest absolute Gasteiger partial charge is 0.399 e. The SMILES string of the molecule is CC1(CNC(=O)c2cccc(N)c2)CC1. The average Bonchev–Trinajstić information content (AvgIpc) is 2.94. The van der Waals surface area contributed by atoms with Gasteiger partial charge in [-0.1, -0.05) is 13.0 Å². The second-order valence-corrected chi connectivity index (χ2v) is 4.62. The lowest BCUT2D eigenvalue weighted by molar-refractivity contribution is 0.0946. The molecule has 1 amide bonds. The van der Waals surface area contributed by atoms with Crippen LogP contribution in [0.2, 0.25) is 0 Å². The van der Waals surface area contributed by atoms with Crippen LogP contribution >= 0.6 is 0 Å². The molecule has 3 nitrogen and oxygen atoms in total. The minimum absolute atomic E-state index is 0.0320. The Morgan fingerprint density at radius 3 is 2.87 bits per heavy atom. The molecule has 0 unspecified atom stereocenters. The van der Waals surface area contributed by atoms with Crippen molar-refractivity contribution < 1.29 is 4.79 Å². The maximum absolute atomic E-state index is 11.7. The van der Waals surface area contributed by atoms with E-state index >= 15 is 0 Å². The second kappa shape index (κ2) is 3.57. The summed E-state index contributed by atoms with van der Waals surface area (Å²) in [6, 6.07) is 7.05. The molecule has 0 aliphatic heterocycles. The number of amides is 1. The van der Waals surface area contributed by atoms with E-state index in [2.05, 4.69) is 12.2 Å². The molecule has 1 aromatic rings. The van der Waals surface area contributed by atoms with Gasteiger partial charge in [0, 0.05) is 17.8 Å². The van der Waals surface area contributed by atoms with Gasteiger partial charge in [0.1, 0.15) is 0 Å². The molecular formula is C12H16N2O. The van der Waals surface area contributed by atoms with Crippen LogP contribution in [0.15, 0.2) is 24.3 Å². The fraction of sp³-hybridized carbons (Fsp3) is 0.417. The minimum atomic E-state index is -0.0320. The Bertz CT molecular complexity index is 383. The lowest BCUT2D eigenvalue weighted by Gasteiger charge is -2.10. The molecular weight excluding hydrogens is 188 g/mol. The second-order valence-electron chi connectivity index (χ2n) is 4.62. The summed E-state index contributed by atoms with van der Waals surface area (Å²) in [5, 5.41) is 2.93. The van der Waals surface area contributed by atoms with Crippen molar-refractivity contribution in [3.8, 4) is 0 Å². The summed E-state index contributed by atoms with van der Waals surface area (Å²) in [4.78, 5) is 11.7. The maximum atomic E-state index is 11.7. The molecule has 0 atom stereocenters. The number of nitrogens with one attached hydrogen (secondary N) is 1. The summed E-state index contributed by atoms with van der Waals surface area (Å²) in [6.45, 7) is 2.95. The van der Waals surface area contributed by atoms with E-state index in [-0.39, 0.29) is 5.91 Å². The Kier molecular flexibility index (Phi) is 2.39. The van der Waals surface area contributed by atoms with Gasteiger partial charge in [-0.15, -0.1) is 0 Å². The summed E-state index contributed by atoms with van der Waals surface area (Å²) in [7, 11) is 0. The number of benzene rings is 1. The Morgan fingerprint density at radius 2 is 2.27 bits per heavy atom. The van der Waals surface area contributed by atoms with Crippen LogP contribution in [0.4, 0.5) is 5.69 Å². The van der Waals surface area contributed by atoms with Crippen LogP contribution in [0.5, 0.6) is 0 Å². The van der Waals surface area contributed by atoms with E-state index in [9.17, 15) is 4.79 Å². The van der Waals surface area contributed by atoms with Gasteiger partial charge in [0.2, 0.25) is 0 Å². The Hall–Kier alpha value is -1.51. The zero-order valence-corrected chi connectivity index (χ0v) is 8.92. The zero-order valence-electron chi connectivity index (χ0n) is 8.92. The van der Waals surface area contributed by atoms with Gasteiger partial charge < -0.3 is 11.1 Å². The van der Waals surface area contributed by atoms with Crippen LogP contribution in [0.1, 0.15) is 30.1 Å². The molecule has 0 bridgehead atoms. The molecule has 1 saturated carbocycles. The van der Waals surface area contributed by atoms with Crippen molar-refractivity contribution in [2.75, 3.05) is 12.3 Å². The smallest absolute Gasteiger partial charge is 0.251 e. The zero-order chi connectivity index (χ0) is 10.9. The van der Waals surface area contributed by atoms with Gasteiger partial charge >= 0.3 is 0 Å². The van der Waals surface area contributed by atoms with E-state index in [0.717, 1.165) is 6.54 Å². The number of rotatable bonds is 3. The lowest BCUT2D eigenvalue weighted by Crippen LogP contribution is -2.28. The van der Waals surface area contributed by atoms with Crippen molar-refractivity contribution in [3.05, 3.63) is 29.8 Å². The van der Waals surface area contributed by atoms with Gasteiger partial charge in [0.15, 0.2) is 0 Å². The molecule has 1 aliphatic rings. The molecule has 80 valence electrons. The molecule has 1 aliphatic carbocycles. The summed E-state index contributed by atoms with van der Waals surface area (Å²) < 4.78 is 0. The summed E-state index contributed by atoms with van der Waals surface area (Å²) >= 11 is 0. The number of nitrogens with two attached hydrogens (primary N) is 1. The molecule has 3 heteroatoms. The maximum Gasteiger partial charge on any atom is 0.251 e. The highest BCUT2D eigenvalue weighted by Crippen LogP contribution is 2.44. The van der Waals surface area contributed by atoms with Crippen LogP contribution in [0.25, 0.3) is 0 Å². The summed E-state index contributed by atoms with van der Waals surface area (Å²) in [5.74, 6) is -0.0320. The van der Waals surface area contributed by atoms with Gasteiger partial charge in [-0.3, -0.25) is 4.79 Å². The summed E-state index contributed by atoms with van der Waals surface area (Å²) in [5.41, 5.74) is 7.22. The number of nitrogen functional groups attached to an aromatic ring is 1. The average molecular weight is 204 g/mol. The fourth-order valence-electron chi connectivity index (χ4n) is 1.47. The van der Waals surface area contributed by atoms with Crippen LogP contribution < -0.4 is 11.1 Å². The van der Waals surface area contributed by atoms with E-state index in [4.69, 9.17) is 5.73 Å². The van der Waals surface area contributed by atoms with Crippen molar-refractivity contribution in [1.82, 2.24) is 5.32 Å². The van der Waals surface area contributed by atoms with Crippen molar-refractivity contribution in [2.24, 2.45) is 5.41 Å². The van der Waals surface area contributed by atoms with Gasteiger partial charge in [-0.25, -0.2) is 0 Å². The number of carbonyl (C=O) groups is 1. The predicted molar refractivity (Wildman–Crippen MR) is 60.5 cm³/mol. The predicted octanol–water partition coefficient (Wildman–Crippen LogP) is 1.80. The van der Waals surface area contributed by atoms with Gasteiger partial charge in [0.25, 0.3) is 5.91 Å². The molecule has 0 saturated heterocycles. The number of hydrogen-bond acceptors (Lipinski definition) is 2. The number of hydrogen-bond donors (Lipinski definition) is 2. The van der Waals surface area contributed by atoms with Crippen LogP contribution in [0, 0.1) is 5.41 Å². The fourth-order valence-corrected chi connectivity index (χ4v) is 1.47. The minimum Gasteiger partial charge on any atom is -0.399 e. The highest BCUT2D eigenvalue weighted by atomic mass is 16.1. The van der Waals surface area contributed by atoms with Gasteiger partial charge in [-0.05, 0) is 36.5 Å².